The fraction of sp³-hybridized carbons (Fsp3) is 0.333. The number of alkyl halides is 1. The second-order valence-electron chi connectivity index (χ2n) is 0.718. The number of ketones is 1. The first kappa shape index (κ1) is 5.82. The summed E-state index contributed by atoms with van der Waals surface area (Å²) in [6, 6.07) is 0. The monoisotopic (exact) mass is 150 g/mol. The molecule has 0 aliphatic rings. The van der Waals surface area contributed by atoms with E-state index in [9.17, 15) is 9.59 Å². The summed E-state index contributed by atoms with van der Waals surface area (Å²) in [6.07, 6.45) is 0.286. The minimum atomic E-state index is -0.421. The fourth-order valence-corrected chi connectivity index (χ4v) is 0.164. The first-order valence-corrected chi connectivity index (χ1v) is 2.47. The summed E-state index contributed by atoms with van der Waals surface area (Å²) in [4.78, 5) is 19.1. The first-order chi connectivity index (χ1) is 2.81. The number of carbonyl (C=O) groups excluding carboxylic acids is 2. The van der Waals surface area contributed by atoms with E-state index in [1.807, 2.05) is 0 Å². The van der Waals surface area contributed by atoms with Gasteiger partial charge in [-0.25, -0.2) is 0 Å². The fourth-order valence-electron chi connectivity index (χ4n) is 0.0315. The standard InChI is InChI=1S/C3H3BrO2/c4-1-3(6)2-5/h2H,1H2. The molecule has 0 spiro atoms. The molecule has 0 heterocycles. The second kappa shape index (κ2) is 3.03. The van der Waals surface area contributed by atoms with Crippen molar-refractivity contribution >= 4 is 28.0 Å². The molecule has 34 valence electrons. The third kappa shape index (κ3) is 2.08. The number of hydrogen-bond donors (Lipinski definition) is 0. The summed E-state index contributed by atoms with van der Waals surface area (Å²) >= 11 is 2.79. The number of hydrogen-bond acceptors (Lipinski definition) is 2. The van der Waals surface area contributed by atoms with E-state index in [0.29, 0.717) is 0 Å². The van der Waals surface area contributed by atoms with Crippen molar-refractivity contribution in [2.45, 2.75) is 0 Å². The highest BCUT2D eigenvalue weighted by atomic mass is 79.9. The van der Waals surface area contributed by atoms with Crippen LogP contribution in [0.3, 0.4) is 0 Å². The average Bonchev–Trinajstić information content (AvgIpc) is 1.65. The van der Waals surface area contributed by atoms with Crippen molar-refractivity contribution in [1.29, 1.82) is 0 Å². The molecule has 0 aromatic heterocycles. The van der Waals surface area contributed by atoms with Crippen LogP contribution in [-0.4, -0.2) is 17.4 Å². The molecule has 0 atom stereocenters. The van der Waals surface area contributed by atoms with Gasteiger partial charge in [-0.2, -0.15) is 0 Å². The number of rotatable bonds is 2. The molecule has 0 N–H and O–H groups in total. The van der Waals surface area contributed by atoms with Crippen molar-refractivity contribution < 1.29 is 9.59 Å². The Hall–Kier alpha value is -0.180. The molecule has 0 aliphatic heterocycles. The van der Waals surface area contributed by atoms with Crippen LogP contribution in [0.15, 0.2) is 0 Å². The molecule has 0 aliphatic carbocycles. The van der Waals surface area contributed by atoms with Crippen molar-refractivity contribution in [2.75, 3.05) is 5.33 Å². The normalized spacial score (nSPS) is 7.50. The van der Waals surface area contributed by atoms with Crippen LogP contribution >= 0.6 is 15.9 Å². The molecule has 0 amide bonds. The molecular weight excluding hydrogens is 148 g/mol. The van der Waals surface area contributed by atoms with Crippen LogP contribution in [0.4, 0.5) is 0 Å². The maximum absolute atomic E-state index is 9.77. The highest BCUT2D eigenvalue weighted by Crippen LogP contribution is 1.75. The predicted molar refractivity (Wildman–Crippen MR) is 24.9 cm³/mol. The number of Topliss-reactive ketones (excluding diaryl/α,β-unsaturated/α-hetero) is 1. The van der Waals surface area contributed by atoms with E-state index in [0.717, 1.165) is 0 Å². The van der Waals surface area contributed by atoms with Gasteiger partial charge in [-0.05, 0) is 0 Å². The van der Waals surface area contributed by atoms with Crippen molar-refractivity contribution in [3.63, 3.8) is 0 Å². The van der Waals surface area contributed by atoms with Gasteiger partial charge in [0.25, 0.3) is 0 Å². The van der Waals surface area contributed by atoms with Crippen molar-refractivity contribution in [1.82, 2.24) is 0 Å². The zero-order valence-corrected chi connectivity index (χ0v) is 4.56. The van der Waals surface area contributed by atoms with Crippen LogP contribution in [-0.2, 0) is 9.59 Å². The number of halogens is 1. The number of aldehydes is 1. The van der Waals surface area contributed by atoms with Crippen molar-refractivity contribution in [3.8, 4) is 0 Å². The molecule has 0 aromatic rings. The minimum Gasteiger partial charge on any atom is -0.295 e. The third-order valence-corrected chi connectivity index (χ3v) is 0.816. The molecule has 0 rings (SSSR count). The van der Waals surface area contributed by atoms with E-state index < -0.39 is 5.78 Å². The van der Waals surface area contributed by atoms with Gasteiger partial charge in [0.15, 0.2) is 6.29 Å². The van der Waals surface area contributed by atoms with E-state index in [-0.39, 0.29) is 11.6 Å². The summed E-state index contributed by atoms with van der Waals surface area (Å²) in [5.74, 6) is -0.421. The first-order valence-electron chi connectivity index (χ1n) is 1.35. The summed E-state index contributed by atoms with van der Waals surface area (Å²) in [6.45, 7) is 0. The highest BCUT2D eigenvalue weighted by Gasteiger charge is 1.88. The van der Waals surface area contributed by atoms with Crippen LogP contribution in [0.1, 0.15) is 0 Å². The molecule has 0 fully saturated rings. The average molecular weight is 151 g/mol. The zero-order chi connectivity index (χ0) is 4.99. The Morgan fingerprint density at radius 1 is 1.83 bits per heavy atom. The second-order valence-corrected chi connectivity index (χ2v) is 1.28. The quantitative estimate of drug-likeness (QED) is 0.319. The molecule has 0 saturated carbocycles. The maximum Gasteiger partial charge on any atom is 0.205 e. The number of carbonyl (C=O) groups is 2. The Kier molecular flexibility index (Phi) is 2.94. The molecule has 6 heavy (non-hydrogen) atoms. The Labute approximate surface area is 43.7 Å². The Bertz CT molecular complexity index is 69.2. The van der Waals surface area contributed by atoms with Gasteiger partial charge in [-0.15, -0.1) is 0 Å². The van der Waals surface area contributed by atoms with Gasteiger partial charge in [0.05, 0.1) is 5.33 Å². The maximum atomic E-state index is 9.77. The van der Waals surface area contributed by atoms with Crippen LogP contribution in [0.2, 0.25) is 0 Å². The molecule has 0 bridgehead atoms. The van der Waals surface area contributed by atoms with Gasteiger partial charge in [0, 0.05) is 0 Å². The van der Waals surface area contributed by atoms with Gasteiger partial charge in [0.2, 0.25) is 5.78 Å². The smallest absolute Gasteiger partial charge is 0.205 e. The molecule has 0 radical (unpaired) electrons. The third-order valence-electron chi connectivity index (χ3n) is 0.263. The summed E-state index contributed by atoms with van der Waals surface area (Å²) in [5, 5.41) is 0.135. The van der Waals surface area contributed by atoms with E-state index in [1.54, 1.807) is 0 Å². The van der Waals surface area contributed by atoms with E-state index in [1.165, 1.54) is 0 Å². The van der Waals surface area contributed by atoms with E-state index >= 15 is 0 Å². The lowest BCUT2D eigenvalue weighted by molar-refractivity contribution is -0.128. The summed E-state index contributed by atoms with van der Waals surface area (Å²) in [5.41, 5.74) is 0. The Balaban J connectivity index is 3.23. The summed E-state index contributed by atoms with van der Waals surface area (Å²) in [7, 11) is 0. The van der Waals surface area contributed by atoms with Crippen molar-refractivity contribution in [3.05, 3.63) is 0 Å². The van der Waals surface area contributed by atoms with Gasteiger partial charge in [-0.1, -0.05) is 15.9 Å². The largest absolute Gasteiger partial charge is 0.295 e. The van der Waals surface area contributed by atoms with E-state index in [4.69, 9.17) is 0 Å². The molecule has 3 heteroatoms. The highest BCUT2D eigenvalue weighted by molar-refractivity contribution is 9.09. The Morgan fingerprint density at radius 3 is 2.33 bits per heavy atom. The van der Waals surface area contributed by atoms with Crippen LogP contribution in [0.25, 0.3) is 0 Å². The van der Waals surface area contributed by atoms with Crippen molar-refractivity contribution in [2.24, 2.45) is 0 Å². The van der Waals surface area contributed by atoms with Gasteiger partial charge in [-0.3, -0.25) is 9.59 Å². The van der Waals surface area contributed by atoms with Gasteiger partial charge < -0.3 is 0 Å². The molecule has 0 unspecified atom stereocenters. The lowest BCUT2D eigenvalue weighted by Crippen LogP contribution is -1.97. The van der Waals surface area contributed by atoms with Gasteiger partial charge in [0.1, 0.15) is 0 Å². The molecular formula is C3H3BrO2. The lowest BCUT2D eigenvalue weighted by Gasteiger charge is -1.69. The van der Waals surface area contributed by atoms with Crippen LogP contribution in [0, 0.1) is 0 Å². The molecule has 0 aromatic carbocycles. The minimum absolute atomic E-state index is 0.135. The van der Waals surface area contributed by atoms with Crippen LogP contribution in [0.5, 0.6) is 0 Å². The topological polar surface area (TPSA) is 34.1 Å². The summed E-state index contributed by atoms with van der Waals surface area (Å²) < 4.78 is 0. The lowest BCUT2D eigenvalue weighted by atomic mass is 10.5. The zero-order valence-electron chi connectivity index (χ0n) is 2.98. The van der Waals surface area contributed by atoms with Crippen LogP contribution < -0.4 is 0 Å². The molecule has 0 saturated heterocycles. The predicted octanol–water partition coefficient (Wildman–Crippen LogP) is 0.149. The molecule has 2 nitrogen and oxygen atoms in total. The van der Waals surface area contributed by atoms with Gasteiger partial charge >= 0.3 is 0 Å². The SMILES string of the molecule is O=CC(=O)CBr. The van der Waals surface area contributed by atoms with E-state index in [2.05, 4.69) is 15.9 Å². The Morgan fingerprint density at radius 2 is 2.33 bits per heavy atom.